The van der Waals surface area contributed by atoms with Crippen molar-refractivity contribution in [2.45, 2.75) is 26.4 Å². The van der Waals surface area contributed by atoms with Crippen molar-refractivity contribution >= 4 is 40.8 Å². The number of hydrogen-bond donors (Lipinski definition) is 1. The number of hydrogen-bond acceptors (Lipinski definition) is 3. The number of carbonyl (C=O) groups is 2. The molecule has 1 atom stereocenters. The summed E-state index contributed by atoms with van der Waals surface area (Å²) in [7, 11) is 0. The van der Waals surface area contributed by atoms with Crippen LogP contribution in [0.1, 0.15) is 29.8 Å². The molecule has 0 unspecified atom stereocenters. The number of benzene rings is 2. The molecule has 0 aliphatic heterocycles. The molecule has 0 bridgehead atoms. The molecule has 6 heteroatoms. The van der Waals surface area contributed by atoms with Crippen molar-refractivity contribution in [2.24, 2.45) is 0 Å². The normalized spacial score (nSPS) is 11.7. The van der Waals surface area contributed by atoms with Gasteiger partial charge in [-0.1, -0.05) is 42.3 Å². The second-order valence-electron chi connectivity index (χ2n) is 5.21. The zero-order valence-corrected chi connectivity index (χ0v) is 14.8. The Labute approximate surface area is 150 Å². The van der Waals surface area contributed by atoms with Crippen LogP contribution in [0.25, 0.3) is 0 Å². The molecule has 2 aromatic carbocycles. The Bertz CT molecular complexity index is 744. The molecule has 24 heavy (non-hydrogen) atoms. The van der Waals surface area contributed by atoms with Gasteiger partial charge in [-0.25, -0.2) is 4.79 Å². The molecular formula is C18H17Cl2NO3. The maximum Gasteiger partial charge on any atom is 0.340 e. The first-order valence-electron chi connectivity index (χ1n) is 7.46. The fourth-order valence-electron chi connectivity index (χ4n) is 2.00. The minimum absolute atomic E-state index is 0.121. The SMILES string of the molecule is CCc1ccc(NC(=O)[C@H](C)OC(=O)c2cc(Cl)ccc2Cl)cc1. The van der Waals surface area contributed by atoms with Crippen LogP contribution in [-0.4, -0.2) is 18.0 Å². The fraction of sp³-hybridized carbons (Fsp3) is 0.222. The van der Waals surface area contributed by atoms with Crippen LogP contribution in [0.2, 0.25) is 10.0 Å². The molecule has 0 aliphatic carbocycles. The van der Waals surface area contributed by atoms with Crippen molar-refractivity contribution in [3.8, 4) is 0 Å². The van der Waals surface area contributed by atoms with Gasteiger partial charge in [0, 0.05) is 10.7 Å². The first kappa shape index (κ1) is 18.3. The second kappa shape index (κ2) is 8.18. The van der Waals surface area contributed by atoms with E-state index >= 15 is 0 Å². The van der Waals surface area contributed by atoms with E-state index in [9.17, 15) is 9.59 Å². The lowest BCUT2D eigenvalue weighted by Crippen LogP contribution is -2.30. The molecule has 0 saturated heterocycles. The molecule has 1 N–H and O–H groups in total. The van der Waals surface area contributed by atoms with Gasteiger partial charge < -0.3 is 10.1 Å². The van der Waals surface area contributed by atoms with Gasteiger partial charge in [-0.3, -0.25) is 4.79 Å². The highest BCUT2D eigenvalue weighted by Crippen LogP contribution is 2.22. The predicted octanol–water partition coefficient (Wildman–Crippen LogP) is 4.74. The third-order valence-electron chi connectivity index (χ3n) is 3.43. The van der Waals surface area contributed by atoms with E-state index in [1.165, 1.54) is 24.6 Å². The fourth-order valence-corrected chi connectivity index (χ4v) is 2.37. The maximum atomic E-state index is 12.1. The number of amides is 1. The van der Waals surface area contributed by atoms with E-state index in [2.05, 4.69) is 12.2 Å². The maximum absolute atomic E-state index is 12.1. The van der Waals surface area contributed by atoms with E-state index in [1.54, 1.807) is 18.2 Å². The van der Waals surface area contributed by atoms with Gasteiger partial charge >= 0.3 is 5.97 Å². The monoisotopic (exact) mass is 365 g/mol. The minimum atomic E-state index is -0.974. The van der Waals surface area contributed by atoms with Gasteiger partial charge in [-0.2, -0.15) is 0 Å². The first-order chi connectivity index (χ1) is 11.4. The third-order valence-corrected chi connectivity index (χ3v) is 4.00. The summed E-state index contributed by atoms with van der Waals surface area (Å²) in [5.41, 5.74) is 1.93. The number of ether oxygens (including phenoxy) is 1. The van der Waals surface area contributed by atoms with Crippen molar-refractivity contribution in [2.75, 3.05) is 5.32 Å². The lowest BCUT2D eigenvalue weighted by atomic mass is 10.1. The van der Waals surface area contributed by atoms with Crippen LogP contribution < -0.4 is 5.32 Å². The van der Waals surface area contributed by atoms with Crippen LogP contribution in [0.3, 0.4) is 0 Å². The van der Waals surface area contributed by atoms with Crippen LogP contribution in [0.4, 0.5) is 5.69 Å². The van der Waals surface area contributed by atoms with Gasteiger partial charge in [-0.15, -0.1) is 0 Å². The molecule has 0 aliphatic rings. The minimum Gasteiger partial charge on any atom is -0.449 e. The van der Waals surface area contributed by atoms with E-state index in [4.69, 9.17) is 27.9 Å². The first-order valence-corrected chi connectivity index (χ1v) is 8.22. The summed E-state index contributed by atoms with van der Waals surface area (Å²) in [5, 5.41) is 3.28. The molecule has 0 heterocycles. The van der Waals surface area contributed by atoms with Gasteiger partial charge in [-0.05, 0) is 49.2 Å². The summed E-state index contributed by atoms with van der Waals surface area (Å²) in [5.74, 6) is -1.13. The molecule has 4 nitrogen and oxygen atoms in total. The van der Waals surface area contributed by atoms with E-state index in [0.717, 1.165) is 6.42 Å². The Balaban J connectivity index is 2.00. The van der Waals surface area contributed by atoms with E-state index in [0.29, 0.717) is 10.7 Å². The van der Waals surface area contributed by atoms with Crippen molar-refractivity contribution in [1.29, 1.82) is 0 Å². The smallest absolute Gasteiger partial charge is 0.340 e. The van der Waals surface area contributed by atoms with E-state index < -0.39 is 18.0 Å². The quantitative estimate of drug-likeness (QED) is 0.778. The number of anilines is 1. The van der Waals surface area contributed by atoms with Gasteiger partial charge in [0.1, 0.15) is 0 Å². The van der Waals surface area contributed by atoms with Crippen LogP contribution in [0.5, 0.6) is 0 Å². The van der Waals surface area contributed by atoms with Crippen molar-refractivity contribution in [3.05, 3.63) is 63.6 Å². The molecule has 2 rings (SSSR count). The summed E-state index contributed by atoms with van der Waals surface area (Å²) in [6, 6.07) is 11.9. The predicted molar refractivity (Wildman–Crippen MR) is 95.8 cm³/mol. The van der Waals surface area contributed by atoms with Crippen LogP contribution in [-0.2, 0) is 16.0 Å². The van der Waals surface area contributed by atoms with Crippen LogP contribution >= 0.6 is 23.2 Å². The number of carbonyl (C=O) groups excluding carboxylic acids is 2. The zero-order valence-electron chi connectivity index (χ0n) is 13.3. The van der Waals surface area contributed by atoms with Crippen LogP contribution in [0, 0.1) is 0 Å². The van der Waals surface area contributed by atoms with Gasteiger partial charge in [0.15, 0.2) is 6.10 Å². The second-order valence-corrected chi connectivity index (χ2v) is 6.06. The van der Waals surface area contributed by atoms with Crippen LogP contribution in [0.15, 0.2) is 42.5 Å². The third kappa shape index (κ3) is 4.73. The molecule has 0 spiro atoms. The Kier molecular flexibility index (Phi) is 6.23. The molecule has 0 aromatic heterocycles. The zero-order chi connectivity index (χ0) is 17.7. The number of rotatable bonds is 5. The van der Waals surface area contributed by atoms with Crippen molar-refractivity contribution in [1.82, 2.24) is 0 Å². The number of nitrogens with one attached hydrogen (secondary N) is 1. The number of halogens is 2. The molecule has 1 amide bonds. The van der Waals surface area contributed by atoms with Gasteiger partial charge in [0.25, 0.3) is 5.91 Å². The highest BCUT2D eigenvalue weighted by atomic mass is 35.5. The summed E-state index contributed by atoms with van der Waals surface area (Å²) < 4.78 is 5.16. The van der Waals surface area contributed by atoms with Gasteiger partial charge in [0.2, 0.25) is 0 Å². The Morgan fingerprint density at radius 1 is 1.12 bits per heavy atom. The molecule has 0 saturated carbocycles. The highest BCUT2D eigenvalue weighted by molar-refractivity contribution is 6.35. The molecule has 126 valence electrons. The molecular weight excluding hydrogens is 349 g/mol. The summed E-state index contributed by atoms with van der Waals surface area (Å²) >= 11 is 11.8. The standard InChI is InChI=1S/C18H17Cl2NO3/c1-3-12-4-7-14(8-5-12)21-17(22)11(2)24-18(23)15-10-13(19)6-9-16(15)20/h4-11H,3H2,1-2H3,(H,21,22)/t11-/m0/s1. The lowest BCUT2D eigenvalue weighted by Gasteiger charge is -2.14. The largest absolute Gasteiger partial charge is 0.449 e. The summed E-state index contributed by atoms with van der Waals surface area (Å²) in [6.07, 6.45) is -0.0544. The van der Waals surface area contributed by atoms with Crippen molar-refractivity contribution < 1.29 is 14.3 Å². The Hall–Kier alpha value is -2.04. The molecule has 0 radical (unpaired) electrons. The Morgan fingerprint density at radius 2 is 1.79 bits per heavy atom. The number of esters is 1. The molecule has 2 aromatic rings. The average Bonchev–Trinajstić information content (AvgIpc) is 2.57. The van der Waals surface area contributed by atoms with E-state index in [-0.39, 0.29) is 10.6 Å². The lowest BCUT2D eigenvalue weighted by molar-refractivity contribution is -0.123. The van der Waals surface area contributed by atoms with E-state index in [1.807, 2.05) is 12.1 Å². The van der Waals surface area contributed by atoms with Gasteiger partial charge in [0.05, 0.1) is 10.6 Å². The Morgan fingerprint density at radius 3 is 2.42 bits per heavy atom. The number of aryl methyl sites for hydroxylation is 1. The summed E-state index contributed by atoms with van der Waals surface area (Å²) in [4.78, 5) is 24.3. The topological polar surface area (TPSA) is 55.4 Å². The van der Waals surface area contributed by atoms with Crippen molar-refractivity contribution in [3.63, 3.8) is 0 Å². The summed E-state index contributed by atoms with van der Waals surface area (Å²) in [6.45, 7) is 3.54. The molecule has 0 fully saturated rings. The highest BCUT2D eigenvalue weighted by Gasteiger charge is 2.21. The average molecular weight is 366 g/mol.